The molecule has 1 aromatic rings. The summed E-state index contributed by atoms with van der Waals surface area (Å²) in [5, 5.41) is 13.2. The molecule has 0 amide bonds. The maximum Gasteiger partial charge on any atom is 0.359 e. The Morgan fingerprint density at radius 3 is 2.94 bits per heavy atom. The van der Waals surface area contributed by atoms with Crippen LogP contribution >= 0.6 is 0 Å². The zero-order valence-electron chi connectivity index (χ0n) is 9.36. The molecule has 0 radical (unpaired) electrons. The summed E-state index contributed by atoms with van der Waals surface area (Å²) in [6, 6.07) is 2.26. The summed E-state index contributed by atoms with van der Waals surface area (Å²) in [7, 11) is 1.74. The first kappa shape index (κ1) is 10.7. The SMILES string of the molecule is CCOC(=O)c1nn(C)cc1C1(C#N)CC1. The molecule has 1 aliphatic rings. The Balaban J connectivity index is 2.39. The molecule has 2 rings (SSSR count). The van der Waals surface area contributed by atoms with E-state index in [0.29, 0.717) is 12.2 Å². The van der Waals surface area contributed by atoms with Gasteiger partial charge in [-0.15, -0.1) is 0 Å². The summed E-state index contributed by atoms with van der Waals surface area (Å²) >= 11 is 0. The van der Waals surface area contributed by atoms with Gasteiger partial charge < -0.3 is 4.74 Å². The summed E-state index contributed by atoms with van der Waals surface area (Å²) in [4.78, 5) is 11.7. The lowest BCUT2D eigenvalue weighted by atomic mass is 9.98. The van der Waals surface area contributed by atoms with Crippen molar-refractivity contribution >= 4 is 5.97 Å². The summed E-state index contributed by atoms with van der Waals surface area (Å²) in [6.07, 6.45) is 3.33. The second-order valence-corrected chi connectivity index (χ2v) is 3.98. The predicted molar refractivity (Wildman–Crippen MR) is 55.7 cm³/mol. The molecule has 0 spiro atoms. The zero-order chi connectivity index (χ0) is 11.8. The Morgan fingerprint density at radius 1 is 1.75 bits per heavy atom. The maximum absolute atomic E-state index is 11.7. The van der Waals surface area contributed by atoms with Crippen LogP contribution in [0.2, 0.25) is 0 Å². The van der Waals surface area contributed by atoms with Crippen LogP contribution in [0, 0.1) is 11.3 Å². The van der Waals surface area contributed by atoms with Gasteiger partial charge in [0.25, 0.3) is 0 Å². The number of ether oxygens (including phenoxy) is 1. The molecule has 0 aliphatic heterocycles. The van der Waals surface area contributed by atoms with Crippen LogP contribution in [-0.2, 0) is 17.2 Å². The highest BCUT2D eigenvalue weighted by Crippen LogP contribution is 2.48. The number of nitrogens with zero attached hydrogens (tertiary/aromatic N) is 3. The van der Waals surface area contributed by atoms with E-state index in [2.05, 4.69) is 11.2 Å². The summed E-state index contributed by atoms with van der Waals surface area (Å²) < 4.78 is 6.48. The van der Waals surface area contributed by atoms with Crippen LogP contribution in [0.4, 0.5) is 0 Å². The maximum atomic E-state index is 11.7. The number of aromatic nitrogens is 2. The van der Waals surface area contributed by atoms with Crippen LogP contribution in [-0.4, -0.2) is 22.4 Å². The quantitative estimate of drug-likeness (QED) is 0.715. The molecule has 1 heterocycles. The smallest absolute Gasteiger partial charge is 0.359 e. The van der Waals surface area contributed by atoms with Gasteiger partial charge in [0, 0.05) is 18.8 Å². The van der Waals surface area contributed by atoms with Gasteiger partial charge in [0.1, 0.15) is 0 Å². The summed E-state index contributed by atoms with van der Waals surface area (Å²) in [6.45, 7) is 2.06. The van der Waals surface area contributed by atoms with Crippen LogP contribution < -0.4 is 0 Å². The minimum atomic E-state index is -0.504. The van der Waals surface area contributed by atoms with Gasteiger partial charge >= 0.3 is 5.97 Å². The predicted octanol–water partition coefficient (Wildman–Crippen LogP) is 1.15. The molecule has 1 fully saturated rings. The molecule has 5 nitrogen and oxygen atoms in total. The fourth-order valence-corrected chi connectivity index (χ4v) is 1.76. The first-order valence-corrected chi connectivity index (χ1v) is 5.25. The molecule has 1 aromatic heterocycles. The number of aryl methyl sites for hydroxylation is 1. The third kappa shape index (κ3) is 1.56. The number of rotatable bonds is 3. The Hall–Kier alpha value is -1.83. The van der Waals surface area contributed by atoms with Crippen molar-refractivity contribution in [3.05, 3.63) is 17.5 Å². The molecule has 0 aromatic carbocycles. The molecular weight excluding hydrogens is 206 g/mol. The first-order chi connectivity index (χ1) is 7.63. The Labute approximate surface area is 93.6 Å². The van der Waals surface area contributed by atoms with Crippen molar-refractivity contribution in [2.75, 3.05) is 6.61 Å². The molecule has 0 atom stereocenters. The average molecular weight is 219 g/mol. The van der Waals surface area contributed by atoms with Gasteiger partial charge in [0.15, 0.2) is 5.69 Å². The first-order valence-electron chi connectivity index (χ1n) is 5.25. The summed E-state index contributed by atoms with van der Waals surface area (Å²) in [5.74, 6) is -0.445. The highest BCUT2D eigenvalue weighted by atomic mass is 16.5. The molecule has 5 heteroatoms. The molecule has 16 heavy (non-hydrogen) atoms. The largest absolute Gasteiger partial charge is 0.461 e. The zero-order valence-corrected chi connectivity index (χ0v) is 9.36. The van der Waals surface area contributed by atoms with Crippen molar-refractivity contribution in [1.29, 1.82) is 5.26 Å². The van der Waals surface area contributed by atoms with E-state index in [0.717, 1.165) is 12.8 Å². The van der Waals surface area contributed by atoms with Crippen LogP contribution in [0.1, 0.15) is 35.8 Å². The Kier molecular flexibility index (Phi) is 2.43. The lowest BCUT2D eigenvalue weighted by molar-refractivity contribution is 0.0517. The number of nitriles is 1. The third-order valence-corrected chi connectivity index (χ3v) is 2.78. The number of carbonyl (C=O) groups is 1. The van der Waals surface area contributed by atoms with Crippen LogP contribution in [0.5, 0.6) is 0 Å². The van der Waals surface area contributed by atoms with Gasteiger partial charge in [-0.2, -0.15) is 10.4 Å². The monoisotopic (exact) mass is 219 g/mol. The van der Waals surface area contributed by atoms with E-state index in [1.807, 2.05) is 0 Å². The fraction of sp³-hybridized carbons (Fsp3) is 0.545. The molecule has 0 unspecified atom stereocenters. The van der Waals surface area contributed by atoms with E-state index in [1.54, 1.807) is 24.9 Å². The second-order valence-electron chi connectivity index (χ2n) is 3.98. The van der Waals surface area contributed by atoms with Crippen LogP contribution in [0.25, 0.3) is 0 Å². The molecule has 0 bridgehead atoms. The van der Waals surface area contributed by atoms with E-state index in [4.69, 9.17) is 10.00 Å². The van der Waals surface area contributed by atoms with Gasteiger partial charge in [0.05, 0.1) is 18.1 Å². The van der Waals surface area contributed by atoms with Gasteiger partial charge in [-0.3, -0.25) is 4.68 Å². The third-order valence-electron chi connectivity index (χ3n) is 2.78. The van der Waals surface area contributed by atoms with Gasteiger partial charge in [-0.25, -0.2) is 4.79 Å². The lowest BCUT2D eigenvalue weighted by Gasteiger charge is -2.04. The van der Waals surface area contributed by atoms with E-state index in [9.17, 15) is 4.79 Å². The Bertz CT molecular complexity index is 466. The number of carbonyl (C=O) groups excluding carboxylic acids is 1. The van der Waals surface area contributed by atoms with E-state index < -0.39 is 11.4 Å². The van der Waals surface area contributed by atoms with Crippen molar-refractivity contribution in [2.24, 2.45) is 7.05 Å². The molecule has 0 N–H and O–H groups in total. The minimum absolute atomic E-state index is 0.281. The Morgan fingerprint density at radius 2 is 2.44 bits per heavy atom. The standard InChI is InChI=1S/C11H13N3O2/c1-3-16-10(15)9-8(6-14(2)13-9)11(7-12)4-5-11/h6H,3-5H2,1-2H3. The van der Waals surface area contributed by atoms with E-state index in [1.165, 1.54) is 0 Å². The molecular formula is C11H13N3O2. The fourth-order valence-electron chi connectivity index (χ4n) is 1.76. The van der Waals surface area contributed by atoms with E-state index >= 15 is 0 Å². The second kappa shape index (κ2) is 3.63. The van der Waals surface area contributed by atoms with Gasteiger partial charge in [0.2, 0.25) is 0 Å². The molecule has 84 valence electrons. The van der Waals surface area contributed by atoms with Crippen molar-refractivity contribution in [1.82, 2.24) is 9.78 Å². The highest BCUT2D eigenvalue weighted by Gasteiger charge is 2.48. The average Bonchev–Trinajstić information content (AvgIpc) is 2.96. The number of hydrogen-bond acceptors (Lipinski definition) is 4. The van der Waals surface area contributed by atoms with Gasteiger partial charge in [-0.05, 0) is 19.8 Å². The topological polar surface area (TPSA) is 67.9 Å². The van der Waals surface area contributed by atoms with Gasteiger partial charge in [-0.1, -0.05) is 0 Å². The van der Waals surface area contributed by atoms with Crippen molar-refractivity contribution in [2.45, 2.75) is 25.2 Å². The molecule has 1 aliphatic carbocycles. The molecule has 0 saturated heterocycles. The number of hydrogen-bond donors (Lipinski definition) is 0. The molecule has 1 saturated carbocycles. The van der Waals surface area contributed by atoms with Crippen molar-refractivity contribution < 1.29 is 9.53 Å². The van der Waals surface area contributed by atoms with Crippen molar-refractivity contribution in [3.63, 3.8) is 0 Å². The minimum Gasteiger partial charge on any atom is -0.461 e. The van der Waals surface area contributed by atoms with E-state index in [-0.39, 0.29) is 5.69 Å². The van der Waals surface area contributed by atoms with Crippen molar-refractivity contribution in [3.8, 4) is 6.07 Å². The van der Waals surface area contributed by atoms with Crippen LogP contribution in [0.15, 0.2) is 6.20 Å². The number of esters is 1. The van der Waals surface area contributed by atoms with Crippen LogP contribution in [0.3, 0.4) is 0 Å². The summed E-state index contributed by atoms with van der Waals surface area (Å²) in [5.41, 5.74) is 0.482. The highest BCUT2D eigenvalue weighted by molar-refractivity contribution is 5.89. The lowest BCUT2D eigenvalue weighted by Crippen LogP contribution is -2.12. The normalized spacial score (nSPS) is 16.6.